The normalized spacial score (nSPS) is 37.0. The van der Waals surface area contributed by atoms with Gasteiger partial charge in [0.25, 0.3) is 5.91 Å². The van der Waals surface area contributed by atoms with Gasteiger partial charge in [0.2, 0.25) is 5.91 Å². The van der Waals surface area contributed by atoms with Crippen LogP contribution in [0.2, 0.25) is 0 Å². The van der Waals surface area contributed by atoms with Crippen molar-refractivity contribution in [3.63, 3.8) is 0 Å². The molecule has 0 aromatic heterocycles. The predicted octanol–water partition coefficient (Wildman–Crippen LogP) is 1.10. The lowest BCUT2D eigenvalue weighted by molar-refractivity contribution is -0.149. The first kappa shape index (κ1) is 23.5. The Morgan fingerprint density at radius 3 is 2.09 bits per heavy atom. The van der Waals surface area contributed by atoms with Crippen molar-refractivity contribution < 1.29 is 28.2 Å². The van der Waals surface area contributed by atoms with Crippen LogP contribution in [-0.2, 0) is 19.4 Å². The third-order valence-corrected chi connectivity index (χ3v) is 11.7. The number of hydrogen-bond acceptors (Lipinski definition) is 6. The van der Waals surface area contributed by atoms with E-state index < -0.39 is 21.5 Å². The maximum atomic E-state index is 13.1. The summed E-state index contributed by atoms with van der Waals surface area (Å²) in [5.74, 6) is -0.0469. The number of amides is 2. The Hall–Kier alpha value is -1.19. The maximum absolute atomic E-state index is 13.1. The Kier molecular flexibility index (Phi) is 6.27. The van der Waals surface area contributed by atoms with Crippen LogP contribution < -0.4 is 0 Å². The Labute approximate surface area is 196 Å². The van der Waals surface area contributed by atoms with Gasteiger partial charge in [0.1, 0.15) is 5.60 Å². The Morgan fingerprint density at radius 2 is 1.48 bits per heavy atom. The van der Waals surface area contributed by atoms with Crippen molar-refractivity contribution in [2.75, 3.05) is 26.2 Å². The average Bonchev–Trinajstić information content (AvgIpc) is 3.75. The first-order valence-electron chi connectivity index (χ1n) is 12.9. The van der Waals surface area contributed by atoms with Crippen LogP contribution in [-0.4, -0.2) is 88.6 Å². The van der Waals surface area contributed by atoms with Crippen molar-refractivity contribution in [2.45, 2.75) is 92.8 Å². The second-order valence-corrected chi connectivity index (χ2v) is 13.7. The summed E-state index contributed by atoms with van der Waals surface area (Å²) in [5.41, 5.74) is -1.16. The van der Waals surface area contributed by atoms with Crippen molar-refractivity contribution in [1.29, 1.82) is 0 Å². The van der Waals surface area contributed by atoms with E-state index in [-0.39, 0.29) is 40.1 Å². The summed E-state index contributed by atoms with van der Waals surface area (Å²) in [7, 11) is -3.02. The first-order chi connectivity index (χ1) is 15.7. The minimum atomic E-state index is -3.02. The molecule has 8 nitrogen and oxygen atoms in total. The zero-order valence-corrected chi connectivity index (χ0v) is 20.2. The molecule has 0 radical (unpaired) electrons. The molecular weight excluding hydrogens is 444 g/mol. The Morgan fingerprint density at radius 1 is 0.818 bits per heavy atom. The molecule has 4 saturated carbocycles. The van der Waals surface area contributed by atoms with Crippen LogP contribution in [0.1, 0.15) is 70.6 Å². The van der Waals surface area contributed by atoms with Crippen LogP contribution in [0, 0.1) is 17.8 Å². The Balaban J connectivity index is 1.12. The number of carbonyl (C=O) groups is 2. The molecule has 0 aromatic carbocycles. The highest BCUT2D eigenvalue weighted by molar-refractivity contribution is 7.92. The van der Waals surface area contributed by atoms with Crippen molar-refractivity contribution in [2.24, 2.45) is 17.8 Å². The molecule has 1 aliphatic heterocycles. The molecule has 5 atom stereocenters. The molecule has 186 valence electrons. The van der Waals surface area contributed by atoms with Crippen LogP contribution in [0.15, 0.2) is 0 Å². The lowest BCUT2D eigenvalue weighted by Crippen LogP contribution is -2.55. The van der Waals surface area contributed by atoms with E-state index in [4.69, 9.17) is 0 Å². The predicted molar refractivity (Wildman–Crippen MR) is 122 cm³/mol. The van der Waals surface area contributed by atoms with Crippen LogP contribution in [0.3, 0.4) is 0 Å². The van der Waals surface area contributed by atoms with Crippen molar-refractivity contribution >= 4 is 21.7 Å². The molecule has 5 aliphatic rings. The van der Waals surface area contributed by atoms with E-state index in [9.17, 15) is 28.2 Å². The van der Waals surface area contributed by atoms with E-state index >= 15 is 0 Å². The molecule has 0 aromatic rings. The summed E-state index contributed by atoms with van der Waals surface area (Å²) in [4.78, 5) is 28.9. The quantitative estimate of drug-likeness (QED) is 0.606. The second-order valence-electron chi connectivity index (χ2n) is 11.2. The molecule has 0 spiro atoms. The zero-order chi connectivity index (χ0) is 23.4. The van der Waals surface area contributed by atoms with Gasteiger partial charge in [-0.1, -0.05) is 12.8 Å². The van der Waals surface area contributed by atoms with Crippen molar-refractivity contribution in [1.82, 2.24) is 9.80 Å². The highest BCUT2D eigenvalue weighted by Crippen LogP contribution is 2.44. The summed E-state index contributed by atoms with van der Waals surface area (Å²) < 4.78 is 25.5. The molecule has 2 amide bonds. The fourth-order valence-electron chi connectivity index (χ4n) is 6.50. The maximum Gasteiger partial charge on any atom is 0.254 e. The van der Waals surface area contributed by atoms with E-state index in [0.29, 0.717) is 51.9 Å². The van der Waals surface area contributed by atoms with Gasteiger partial charge >= 0.3 is 0 Å². The first-order valence-corrected chi connectivity index (χ1v) is 14.5. The highest BCUT2D eigenvalue weighted by atomic mass is 32.2. The molecule has 5 fully saturated rings. The molecule has 1 saturated heterocycles. The van der Waals surface area contributed by atoms with Crippen molar-refractivity contribution in [3.05, 3.63) is 0 Å². The molecule has 5 rings (SSSR count). The monoisotopic (exact) mass is 482 g/mol. The fraction of sp³-hybridized carbons (Fsp3) is 0.917. The topological polar surface area (TPSA) is 115 Å². The number of aliphatic hydroxyl groups is 2. The van der Waals surface area contributed by atoms with Crippen LogP contribution in [0.5, 0.6) is 0 Å². The third kappa shape index (κ3) is 4.69. The van der Waals surface area contributed by atoms with E-state index in [1.807, 2.05) is 0 Å². The summed E-state index contributed by atoms with van der Waals surface area (Å²) in [6, 6.07) is 0. The van der Waals surface area contributed by atoms with Gasteiger partial charge in [-0.15, -0.1) is 0 Å². The van der Waals surface area contributed by atoms with Crippen molar-refractivity contribution in [3.8, 4) is 0 Å². The van der Waals surface area contributed by atoms with Crippen LogP contribution >= 0.6 is 0 Å². The van der Waals surface area contributed by atoms with Gasteiger partial charge in [0.05, 0.1) is 16.6 Å². The summed E-state index contributed by atoms with van der Waals surface area (Å²) in [6.45, 7) is 1.84. The molecule has 33 heavy (non-hydrogen) atoms. The molecule has 5 unspecified atom stereocenters. The number of aliphatic hydroxyl groups excluding tert-OH is 1. The highest BCUT2D eigenvalue weighted by Gasteiger charge is 2.51. The number of nitrogens with zero attached hydrogens (tertiary/aromatic N) is 2. The number of piperazine rings is 1. The van der Waals surface area contributed by atoms with E-state index in [1.54, 1.807) is 9.80 Å². The summed E-state index contributed by atoms with van der Waals surface area (Å²) in [6.07, 6.45) is 7.36. The average molecular weight is 483 g/mol. The Bertz CT molecular complexity index is 875. The fourth-order valence-corrected chi connectivity index (χ4v) is 8.84. The molecule has 2 N–H and O–H groups in total. The van der Waals surface area contributed by atoms with Gasteiger partial charge in [-0.05, 0) is 69.6 Å². The molecule has 9 heteroatoms. The second kappa shape index (κ2) is 8.79. The smallest absolute Gasteiger partial charge is 0.254 e. The number of hydrogen-bond donors (Lipinski definition) is 2. The molecule has 4 aliphatic carbocycles. The van der Waals surface area contributed by atoms with E-state index in [0.717, 1.165) is 44.9 Å². The number of sulfone groups is 1. The van der Waals surface area contributed by atoms with Gasteiger partial charge in [-0.3, -0.25) is 9.59 Å². The van der Waals surface area contributed by atoms with E-state index in [2.05, 4.69) is 0 Å². The standard InChI is InChI=1S/C24H38N2O6S/c27-21-15-17(22(28)25-10-12-26(13-11-25)23(29)24(30)8-9-24)4-7-20(21)16-2-1-3-19(14-16)33(31,32)18-5-6-18/h16-21,27,30H,1-15H2. The van der Waals surface area contributed by atoms with Gasteiger partial charge in [-0.25, -0.2) is 8.42 Å². The third-order valence-electron chi connectivity index (χ3n) is 8.94. The molecule has 0 bridgehead atoms. The minimum Gasteiger partial charge on any atom is -0.393 e. The largest absolute Gasteiger partial charge is 0.393 e. The zero-order valence-electron chi connectivity index (χ0n) is 19.4. The van der Waals surface area contributed by atoms with Gasteiger partial charge in [0, 0.05) is 32.1 Å². The van der Waals surface area contributed by atoms with Gasteiger partial charge < -0.3 is 20.0 Å². The molecule has 1 heterocycles. The summed E-state index contributed by atoms with van der Waals surface area (Å²) in [5, 5.41) is 20.6. The number of rotatable bonds is 5. The van der Waals surface area contributed by atoms with Crippen LogP contribution in [0.4, 0.5) is 0 Å². The van der Waals surface area contributed by atoms with E-state index in [1.165, 1.54) is 0 Å². The minimum absolute atomic E-state index is 0.0579. The van der Waals surface area contributed by atoms with Gasteiger partial charge in [0.15, 0.2) is 9.84 Å². The molecular formula is C24H38N2O6S. The SMILES string of the molecule is O=C(C1CCC(C2CCCC(S(=O)(=O)C3CC3)C2)C(O)C1)N1CCN(C(=O)C2(O)CC2)CC1. The van der Waals surface area contributed by atoms with Gasteiger partial charge in [-0.2, -0.15) is 0 Å². The summed E-state index contributed by atoms with van der Waals surface area (Å²) >= 11 is 0. The lowest BCUT2D eigenvalue weighted by atomic mass is 9.69. The van der Waals surface area contributed by atoms with Crippen LogP contribution in [0.25, 0.3) is 0 Å². The number of carbonyl (C=O) groups excluding carboxylic acids is 2. The lowest BCUT2D eigenvalue weighted by Gasteiger charge is -2.42.